The Morgan fingerprint density at radius 1 is 1.16 bits per heavy atom. The molecule has 1 amide bonds. The Morgan fingerprint density at radius 3 is 2.61 bits per heavy atom. The van der Waals surface area contributed by atoms with Crippen LogP contribution in [0.2, 0.25) is 0 Å². The zero-order valence-electron chi connectivity index (χ0n) is 16.5. The molecule has 0 aliphatic carbocycles. The van der Waals surface area contributed by atoms with E-state index in [1.807, 2.05) is 18.2 Å². The van der Waals surface area contributed by atoms with E-state index in [0.29, 0.717) is 29.7 Å². The van der Waals surface area contributed by atoms with Gasteiger partial charge in [0, 0.05) is 37.7 Å². The summed E-state index contributed by atoms with van der Waals surface area (Å²) in [5.74, 6) is 1.59. The van der Waals surface area contributed by atoms with Gasteiger partial charge in [-0.05, 0) is 18.2 Å². The fraction of sp³-hybridized carbons (Fsp3) is 0.158. The van der Waals surface area contributed by atoms with E-state index >= 15 is 0 Å². The molecular weight excluding hydrogens is 418 g/mol. The number of nitrogens with zero attached hydrogens (tertiary/aromatic N) is 5. The van der Waals surface area contributed by atoms with Gasteiger partial charge in [-0.1, -0.05) is 0 Å². The van der Waals surface area contributed by atoms with Crippen molar-refractivity contribution in [2.45, 2.75) is 0 Å². The molecule has 0 saturated carbocycles. The van der Waals surface area contributed by atoms with Crippen LogP contribution < -0.4 is 21.7 Å². The fourth-order valence-corrected chi connectivity index (χ4v) is 3.68. The number of nitrogens with one attached hydrogen (secondary N) is 3. The van der Waals surface area contributed by atoms with Gasteiger partial charge in [-0.25, -0.2) is 24.9 Å². The molecule has 0 radical (unpaired) electrons. The molecular formula is C19H19N9O2S. The maximum Gasteiger partial charge on any atom is 0.251 e. The van der Waals surface area contributed by atoms with Crippen LogP contribution in [0.25, 0.3) is 21.6 Å². The van der Waals surface area contributed by atoms with E-state index in [1.54, 1.807) is 13.2 Å². The number of aromatic nitrogens is 5. The Labute approximate surface area is 180 Å². The summed E-state index contributed by atoms with van der Waals surface area (Å²) in [6, 6.07) is 5.59. The summed E-state index contributed by atoms with van der Waals surface area (Å²) in [5, 5.41) is 19.2. The van der Waals surface area contributed by atoms with E-state index in [1.165, 1.54) is 23.7 Å². The van der Waals surface area contributed by atoms with Crippen LogP contribution in [-0.2, 0) is 0 Å². The maximum absolute atomic E-state index is 11.2. The minimum absolute atomic E-state index is 0.0320. The van der Waals surface area contributed by atoms with E-state index in [0.717, 1.165) is 21.1 Å². The number of aliphatic hydroxyl groups excluding tert-OH is 1. The third kappa shape index (κ3) is 4.49. The van der Waals surface area contributed by atoms with Crippen molar-refractivity contribution < 1.29 is 9.90 Å². The van der Waals surface area contributed by atoms with Crippen molar-refractivity contribution in [3.05, 3.63) is 42.4 Å². The van der Waals surface area contributed by atoms with Crippen LogP contribution in [0, 0.1) is 0 Å². The van der Waals surface area contributed by atoms with Crippen LogP contribution in [0.1, 0.15) is 10.4 Å². The van der Waals surface area contributed by atoms with Crippen LogP contribution in [0.5, 0.6) is 0 Å². The van der Waals surface area contributed by atoms with Crippen LogP contribution in [-0.4, -0.2) is 56.1 Å². The van der Waals surface area contributed by atoms with Gasteiger partial charge in [0.15, 0.2) is 5.82 Å². The highest BCUT2D eigenvalue weighted by Crippen LogP contribution is 2.35. The SMILES string of the molecule is CNc1ccc(-c2nc(NCCO)c3sc(Nc4ncc(C(N)=O)cn4)cc3n2)cn1. The molecule has 12 heteroatoms. The second kappa shape index (κ2) is 8.85. The third-order valence-electron chi connectivity index (χ3n) is 4.23. The van der Waals surface area contributed by atoms with Gasteiger partial charge in [0.05, 0.1) is 27.4 Å². The van der Waals surface area contributed by atoms with E-state index in [2.05, 4.69) is 40.9 Å². The summed E-state index contributed by atoms with van der Waals surface area (Å²) in [5.41, 5.74) is 6.92. The fourth-order valence-electron chi connectivity index (χ4n) is 2.72. The summed E-state index contributed by atoms with van der Waals surface area (Å²) >= 11 is 1.41. The van der Waals surface area contributed by atoms with Gasteiger partial charge in [0.1, 0.15) is 11.6 Å². The van der Waals surface area contributed by atoms with Crippen molar-refractivity contribution in [1.29, 1.82) is 0 Å². The Hall–Kier alpha value is -3.90. The first-order chi connectivity index (χ1) is 15.1. The van der Waals surface area contributed by atoms with Crippen LogP contribution in [0.15, 0.2) is 36.8 Å². The highest BCUT2D eigenvalue weighted by Gasteiger charge is 2.14. The molecule has 31 heavy (non-hydrogen) atoms. The molecule has 0 spiro atoms. The summed E-state index contributed by atoms with van der Waals surface area (Å²) in [6.07, 6.45) is 4.42. The van der Waals surface area contributed by atoms with Gasteiger partial charge < -0.3 is 26.8 Å². The average molecular weight is 437 g/mol. The van der Waals surface area contributed by atoms with Crippen LogP contribution in [0.4, 0.5) is 22.6 Å². The predicted octanol–water partition coefficient (Wildman–Crippen LogP) is 1.83. The minimum Gasteiger partial charge on any atom is -0.395 e. The molecule has 0 atom stereocenters. The molecule has 4 rings (SSSR count). The summed E-state index contributed by atoms with van der Waals surface area (Å²) in [7, 11) is 1.80. The number of pyridine rings is 1. The zero-order valence-corrected chi connectivity index (χ0v) is 17.3. The first-order valence-electron chi connectivity index (χ1n) is 9.26. The zero-order chi connectivity index (χ0) is 21.8. The standard InChI is InChI=1S/C19H19N9O2S/c1-21-13-3-2-10(7-23-13)17-26-12-6-14(31-15(12)18(28-17)22-4-5-29)27-19-24-8-11(9-25-19)16(20)30/h2-3,6-9,29H,4-5H2,1H3,(H2,20,30)(H,21,23)(H,22,26,28)(H,24,25,27). The lowest BCUT2D eigenvalue weighted by Crippen LogP contribution is -2.12. The van der Waals surface area contributed by atoms with E-state index in [4.69, 9.17) is 5.73 Å². The number of carbonyl (C=O) groups excluding carboxylic acids is 1. The molecule has 0 aromatic carbocycles. The molecule has 0 saturated heterocycles. The van der Waals surface area contributed by atoms with Crippen LogP contribution >= 0.6 is 11.3 Å². The Bertz CT molecular complexity index is 1210. The summed E-state index contributed by atoms with van der Waals surface area (Å²) < 4.78 is 0.813. The largest absolute Gasteiger partial charge is 0.395 e. The Balaban J connectivity index is 1.69. The first-order valence-corrected chi connectivity index (χ1v) is 10.1. The van der Waals surface area contributed by atoms with Crippen molar-refractivity contribution in [2.24, 2.45) is 5.73 Å². The quantitative estimate of drug-likeness (QED) is 0.275. The van der Waals surface area contributed by atoms with Gasteiger partial charge in [0.2, 0.25) is 5.95 Å². The second-order valence-corrected chi connectivity index (χ2v) is 7.39. The monoisotopic (exact) mass is 437 g/mol. The van der Waals surface area contributed by atoms with Crippen molar-refractivity contribution in [3.8, 4) is 11.4 Å². The molecule has 0 unspecified atom stereocenters. The second-order valence-electron chi connectivity index (χ2n) is 6.34. The summed E-state index contributed by atoms with van der Waals surface area (Å²) in [6.45, 7) is 0.316. The molecule has 4 heterocycles. The number of carbonyl (C=O) groups is 1. The van der Waals surface area contributed by atoms with Crippen LogP contribution in [0.3, 0.4) is 0 Å². The number of primary amides is 1. The minimum atomic E-state index is -0.590. The predicted molar refractivity (Wildman–Crippen MR) is 120 cm³/mol. The topological polar surface area (TPSA) is 164 Å². The number of nitrogens with two attached hydrogens (primary N) is 1. The lowest BCUT2D eigenvalue weighted by atomic mass is 10.2. The van der Waals surface area contributed by atoms with Crippen molar-refractivity contribution in [2.75, 3.05) is 36.1 Å². The Morgan fingerprint density at radius 2 is 1.97 bits per heavy atom. The Kier molecular flexibility index (Phi) is 5.82. The van der Waals surface area contributed by atoms with Gasteiger partial charge in [-0.15, -0.1) is 11.3 Å². The molecule has 4 aromatic rings. The molecule has 4 aromatic heterocycles. The van der Waals surface area contributed by atoms with E-state index in [-0.39, 0.29) is 12.2 Å². The highest BCUT2D eigenvalue weighted by molar-refractivity contribution is 7.23. The molecule has 0 aliphatic rings. The molecule has 11 nitrogen and oxygen atoms in total. The average Bonchev–Trinajstić information content (AvgIpc) is 3.20. The van der Waals surface area contributed by atoms with Gasteiger partial charge in [-0.2, -0.15) is 0 Å². The molecule has 158 valence electrons. The van der Waals surface area contributed by atoms with Crippen molar-refractivity contribution >= 4 is 50.0 Å². The smallest absolute Gasteiger partial charge is 0.251 e. The highest BCUT2D eigenvalue weighted by atomic mass is 32.1. The number of hydrogen-bond acceptors (Lipinski definition) is 11. The molecule has 6 N–H and O–H groups in total. The molecule has 0 bridgehead atoms. The number of rotatable bonds is 8. The number of fused-ring (bicyclic) bond motifs is 1. The van der Waals surface area contributed by atoms with E-state index in [9.17, 15) is 9.90 Å². The van der Waals surface area contributed by atoms with Gasteiger partial charge in [0.25, 0.3) is 5.91 Å². The van der Waals surface area contributed by atoms with Crippen molar-refractivity contribution in [1.82, 2.24) is 24.9 Å². The number of hydrogen-bond donors (Lipinski definition) is 5. The lowest BCUT2D eigenvalue weighted by molar-refractivity contribution is 0.0999. The third-order valence-corrected chi connectivity index (χ3v) is 5.27. The normalized spacial score (nSPS) is 10.8. The summed E-state index contributed by atoms with van der Waals surface area (Å²) in [4.78, 5) is 33.0. The van der Waals surface area contributed by atoms with E-state index < -0.39 is 5.91 Å². The molecule has 0 fully saturated rings. The maximum atomic E-state index is 11.2. The number of amides is 1. The lowest BCUT2D eigenvalue weighted by Gasteiger charge is -2.08. The van der Waals surface area contributed by atoms with Crippen molar-refractivity contribution in [3.63, 3.8) is 0 Å². The molecule has 0 aliphatic heterocycles. The number of aliphatic hydroxyl groups is 1. The van der Waals surface area contributed by atoms with Gasteiger partial charge >= 0.3 is 0 Å². The number of anilines is 4. The van der Waals surface area contributed by atoms with Gasteiger partial charge in [-0.3, -0.25) is 4.79 Å². The number of thiophene rings is 1. The first kappa shape index (κ1) is 20.4.